The highest BCUT2D eigenvalue weighted by Crippen LogP contribution is 2.32. The molecule has 0 bridgehead atoms. The van der Waals surface area contributed by atoms with E-state index in [1.165, 1.54) is 28.8 Å². The Labute approximate surface area is 157 Å². The second kappa shape index (κ2) is 7.32. The molecule has 0 N–H and O–H groups in total. The molecule has 0 saturated carbocycles. The largest absolute Gasteiger partial charge is 0.416 e. The van der Waals surface area contributed by atoms with Crippen molar-refractivity contribution in [3.05, 3.63) is 64.7 Å². The number of thioether (sulfide) groups is 1. The molecule has 3 nitrogen and oxygen atoms in total. The number of benzene rings is 2. The summed E-state index contributed by atoms with van der Waals surface area (Å²) in [5.74, 6) is 0.133. The lowest BCUT2D eigenvalue weighted by atomic mass is 10.1. The van der Waals surface area contributed by atoms with Crippen LogP contribution in [-0.2, 0) is 6.18 Å². The van der Waals surface area contributed by atoms with Crippen LogP contribution in [-0.4, -0.2) is 22.9 Å². The van der Waals surface area contributed by atoms with Crippen molar-refractivity contribution in [2.45, 2.75) is 19.1 Å². The van der Waals surface area contributed by atoms with Crippen molar-refractivity contribution in [2.24, 2.45) is 4.99 Å². The molecule has 2 aromatic carbocycles. The Morgan fingerprint density at radius 1 is 1.23 bits per heavy atom. The Kier molecular flexibility index (Phi) is 5.29. The smallest absolute Gasteiger partial charge is 0.268 e. The number of anilines is 1. The van der Waals surface area contributed by atoms with E-state index in [0.717, 1.165) is 12.1 Å². The van der Waals surface area contributed by atoms with Crippen molar-refractivity contribution in [3.63, 3.8) is 0 Å². The van der Waals surface area contributed by atoms with Crippen molar-refractivity contribution in [1.82, 2.24) is 0 Å². The lowest BCUT2D eigenvalue weighted by Gasteiger charge is -2.22. The standard InChI is InChI=1S/C18H14ClF3N2OS/c1-11-10-26-17(23-11)24(15-7-5-14(19)6-8-15)16(25)12-3-2-4-13(9-12)18(20,21)22/h2-9,11H,10H2,1H3/t11-/m1/s1. The van der Waals surface area contributed by atoms with Crippen LogP contribution in [0.15, 0.2) is 53.5 Å². The van der Waals surface area contributed by atoms with Gasteiger partial charge in [0.25, 0.3) is 5.91 Å². The van der Waals surface area contributed by atoms with Gasteiger partial charge in [-0.1, -0.05) is 29.4 Å². The summed E-state index contributed by atoms with van der Waals surface area (Å²) in [4.78, 5) is 18.8. The minimum Gasteiger partial charge on any atom is -0.268 e. The van der Waals surface area contributed by atoms with Crippen molar-refractivity contribution in [3.8, 4) is 0 Å². The molecule has 1 atom stereocenters. The predicted octanol–water partition coefficient (Wildman–Crippen LogP) is 5.50. The van der Waals surface area contributed by atoms with Gasteiger partial charge in [0, 0.05) is 16.3 Å². The Morgan fingerprint density at radius 2 is 1.92 bits per heavy atom. The number of hydrogen-bond donors (Lipinski definition) is 0. The maximum absolute atomic E-state index is 13.0. The third kappa shape index (κ3) is 4.04. The fraction of sp³-hybridized carbons (Fsp3) is 0.222. The van der Waals surface area contributed by atoms with Gasteiger partial charge in [-0.25, -0.2) is 0 Å². The Hall–Kier alpha value is -1.99. The number of alkyl halides is 3. The predicted molar refractivity (Wildman–Crippen MR) is 99.1 cm³/mol. The zero-order valence-electron chi connectivity index (χ0n) is 13.6. The van der Waals surface area contributed by atoms with Gasteiger partial charge in [-0.05, 0) is 49.4 Å². The van der Waals surface area contributed by atoms with Crippen LogP contribution >= 0.6 is 23.4 Å². The topological polar surface area (TPSA) is 32.7 Å². The molecule has 1 aliphatic rings. The first kappa shape index (κ1) is 18.8. The first-order valence-electron chi connectivity index (χ1n) is 7.73. The minimum atomic E-state index is -4.52. The fourth-order valence-corrected chi connectivity index (χ4v) is 3.61. The summed E-state index contributed by atoms with van der Waals surface area (Å²) in [6.45, 7) is 1.91. The SMILES string of the molecule is C[C@@H]1CSC(N(C(=O)c2cccc(C(F)(F)F)c2)c2ccc(Cl)cc2)=N1. The maximum Gasteiger partial charge on any atom is 0.416 e. The number of amides is 1. The second-order valence-electron chi connectivity index (χ2n) is 5.77. The maximum atomic E-state index is 13.0. The molecule has 2 aromatic rings. The van der Waals surface area contributed by atoms with Crippen LogP contribution in [0, 0.1) is 0 Å². The first-order valence-corrected chi connectivity index (χ1v) is 9.10. The number of rotatable bonds is 2. The highest BCUT2D eigenvalue weighted by molar-refractivity contribution is 8.14. The van der Waals surface area contributed by atoms with E-state index in [1.807, 2.05) is 6.92 Å². The van der Waals surface area contributed by atoms with E-state index in [0.29, 0.717) is 21.6 Å². The van der Waals surface area contributed by atoms with E-state index in [-0.39, 0.29) is 11.6 Å². The zero-order chi connectivity index (χ0) is 18.9. The third-order valence-electron chi connectivity index (χ3n) is 3.70. The van der Waals surface area contributed by atoms with E-state index in [9.17, 15) is 18.0 Å². The minimum absolute atomic E-state index is 0.0270. The van der Waals surface area contributed by atoms with Crippen LogP contribution in [0.2, 0.25) is 5.02 Å². The number of aliphatic imine (C=N–C) groups is 1. The molecule has 0 aromatic heterocycles. The van der Waals surface area contributed by atoms with Gasteiger partial charge in [0.2, 0.25) is 0 Å². The molecule has 0 fully saturated rings. The van der Waals surface area contributed by atoms with Crippen molar-refractivity contribution < 1.29 is 18.0 Å². The molecule has 0 spiro atoms. The van der Waals surface area contributed by atoms with Crippen molar-refractivity contribution in [1.29, 1.82) is 0 Å². The number of carbonyl (C=O) groups excluding carboxylic acids is 1. The molecular weight excluding hydrogens is 385 g/mol. The van der Waals surface area contributed by atoms with Crippen molar-refractivity contribution in [2.75, 3.05) is 10.7 Å². The van der Waals surface area contributed by atoms with Gasteiger partial charge >= 0.3 is 6.18 Å². The number of nitrogens with zero attached hydrogens (tertiary/aromatic N) is 2. The molecule has 0 saturated heterocycles. The number of hydrogen-bond acceptors (Lipinski definition) is 3. The molecule has 1 aliphatic heterocycles. The molecule has 0 unspecified atom stereocenters. The lowest BCUT2D eigenvalue weighted by molar-refractivity contribution is -0.137. The summed E-state index contributed by atoms with van der Waals surface area (Å²) in [6.07, 6.45) is -4.52. The van der Waals surface area contributed by atoms with Gasteiger partial charge in [-0.15, -0.1) is 0 Å². The quantitative estimate of drug-likeness (QED) is 0.669. The molecule has 8 heteroatoms. The average molecular weight is 399 g/mol. The van der Waals surface area contributed by atoms with Gasteiger partial charge < -0.3 is 0 Å². The van der Waals surface area contributed by atoms with Crippen LogP contribution in [0.25, 0.3) is 0 Å². The number of halogens is 4. The van der Waals surface area contributed by atoms with Crippen molar-refractivity contribution >= 4 is 40.1 Å². The van der Waals surface area contributed by atoms with Crippen LogP contribution in [0.3, 0.4) is 0 Å². The molecule has 1 amide bonds. The summed E-state index contributed by atoms with van der Waals surface area (Å²) in [7, 11) is 0. The highest BCUT2D eigenvalue weighted by Gasteiger charge is 2.33. The van der Waals surface area contributed by atoms with Gasteiger partial charge in [0.15, 0.2) is 5.17 Å². The normalized spacial score (nSPS) is 17.1. The summed E-state index contributed by atoms with van der Waals surface area (Å²) in [5, 5.41) is 0.955. The highest BCUT2D eigenvalue weighted by atomic mass is 35.5. The van der Waals surface area contributed by atoms with E-state index < -0.39 is 17.6 Å². The summed E-state index contributed by atoms with van der Waals surface area (Å²) >= 11 is 7.29. The van der Waals surface area contributed by atoms with Gasteiger partial charge in [0.05, 0.1) is 17.3 Å². The molecule has 26 heavy (non-hydrogen) atoms. The van der Waals surface area contributed by atoms with Crippen LogP contribution in [0.4, 0.5) is 18.9 Å². The van der Waals surface area contributed by atoms with Gasteiger partial charge in [-0.2, -0.15) is 13.2 Å². The number of carbonyl (C=O) groups is 1. The molecule has 0 radical (unpaired) electrons. The number of amidine groups is 1. The summed E-state index contributed by atoms with van der Waals surface area (Å²) in [5.41, 5.74) is -0.427. The van der Waals surface area contributed by atoms with E-state index >= 15 is 0 Å². The molecule has 136 valence electrons. The zero-order valence-corrected chi connectivity index (χ0v) is 15.2. The Morgan fingerprint density at radius 3 is 2.50 bits per heavy atom. The summed E-state index contributed by atoms with van der Waals surface area (Å²) < 4.78 is 39.0. The molecule has 0 aliphatic carbocycles. The molecule has 3 rings (SSSR count). The van der Waals surface area contributed by atoms with Crippen LogP contribution < -0.4 is 4.90 Å². The second-order valence-corrected chi connectivity index (χ2v) is 7.19. The summed E-state index contributed by atoms with van der Waals surface area (Å²) in [6, 6.07) is 10.9. The van der Waals surface area contributed by atoms with E-state index in [4.69, 9.17) is 11.6 Å². The average Bonchev–Trinajstić information content (AvgIpc) is 3.02. The van der Waals surface area contributed by atoms with Gasteiger partial charge in [-0.3, -0.25) is 14.7 Å². The van der Waals surface area contributed by atoms with Gasteiger partial charge in [0.1, 0.15) is 0 Å². The first-order chi connectivity index (χ1) is 12.3. The third-order valence-corrected chi connectivity index (χ3v) is 5.15. The van der Waals surface area contributed by atoms with Crippen LogP contribution in [0.1, 0.15) is 22.8 Å². The van der Waals surface area contributed by atoms with Crippen LogP contribution in [0.5, 0.6) is 0 Å². The van der Waals surface area contributed by atoms with E-state index in [1.54, 1.807) is 24.3 Å². The lowest BCUT2D eigenvalue weighted by Crippen LogP contribution is -2.34. The monoisotopic (exact) mass is 398 g/mol. The fourth-order valence-electron chi connectivity index (χ4n) is 2.44. The molecule has 1 heterocycles. The van der Waals surface area contributed by atoms with E-state index in [2.05, 4.69) is 4.99 Å². The Bertz CT molecular complexity index is 852. The Balaban J connectivity index is 2.03. The molecular formula is C18H14ClF3N2OS.